The molecule has 3 aromatic rings. The molecule has 0 unspecified atom stereocenters. The lowest BCUT2D eigenvalue weighted by Crippen LogP contribution is -2.26. The molecule has 1 saturated carbocycles. The first kappa shape index (κ1) is 18.6. The molecule has 0 bridgehead atoms. The first-order valence-corrected chi connectivity index (χ1v) is 9.89. The Morgan fingerprint density at radius 2 is 1.54 bits per heavy atom. The molecule has 0 atom stereocenters. The Bertz CT molecular complexity index is 914. The number of nitrogens with zero attached hydrogens (tertiary/aromatic N) is 2. The van der Waals surface area contributed by atoms with E-state index in [1.807, 2.05) is 12.1 Å². The molecule has 0 N–H and O–H groups in total. The van der Waals surface area contributed by atoms with Crippen LogP contribution in [0.3, 0.4) is 0 Å². The number of rotatable bonds is 9. The van der Waals surface area contributed by atoms with Crippen LogP contribution in [0.25, 0.3) is 0 Å². The van der Waals surface area contributed by atoms with Crippen molar-refractivity contribution in [3.8, 4) is 11.5 Å². The first-order chi connectivity index (χ1) is 13.7. The average molecular weight is 377 g/mol. The summed E-state index contributed by atoms with van der Waals surface area (Å²) in [7, 11) is 3.44. The van der Waals surface area contributed by atoms with Gasteiger partial charge in [-0.25, -0.2) is 0 Å². The second kappa shape index (κ2) is 8.53. The van der Waals surface area contributed by atoms with E-state index >= 15 is 0 Å². The minimum atomic E-state index is 0.686. The Kier molecular flexibility index (Phi) is 5.68. The van der Waals surface area contributed by atoms with Gasteiger partial charge in [-0.3, -0.25) is 4.90 Å². The van der Waals surface area contributed by atoms with Crippen LogP contribution in [0.4, 0.5) is 0 Å². The van der Waals surface area contributed by atoms with Gasteiger partial charge >= 0.3 is 0 Å². The van der Waals surface area contributed by atoms with Crippen LogP contribution in [-0.2, 0) is 19.6 Å². The van der Waals surface area contributed by atoms with E-state index < -0.39 is 0 Å². The highest BCUT2D eigenvalue weighted by atomic mass is 16.5. The zero-order chi connectivity index (χ0) is 19.3. The molecule has 1 aromatic heterocycles. The molecule has 0 aliphatic heterocycles. The van der Waals surface area contributed by atoms with E-state index in [-0.39, 0.29) is 0 Å². The highest BCUT2D eigenvalue weighted by molar-refractivity contribution is 5.30. The number of hydrogen-bond acceptors (Lipinski definition) is 3. The molecule has 1 aliphatic rings. The smallest absolute Gasteiger partial charge is 0.119 e. The van der Waals surface area contributed by atoms with Crippen molar-refractivity contribution in [1.29, 1.82) is 0 Å². The largest absolute Gasteiger partial charge is 0.497 e. The molecule has 4 rings (SSSR count). The Morgan fingerprint density at radius 3 is 2.21 bits per heavy atom. The lowest BCUT2D eigenvalue weighted by atomic mass is 10.2. The maximum atomic E-state index is 5.39. The van der Waals surface area contributed by atoms with Gasteiger partial charge in [0.2, 0.25) is 0 Å². The molecule has 4 heteroatoms. The van der Waals surface area contributed by atoms with Crippen LogP contribution >= 0.6 is 0 Å². The summed E-state index contributed by atoms with van der Waals surface area (Å²) in [5.41, 5.74) is 3.90. The maximum absolute atomic E-state index is 5.39. The van der Waals surface area contributed by atoms with Gasteiger partial charge in [0, 0.05) is 37.6 Å². The number of hydrogen-bond donors (Lipinski definition) is 0. The molecule has 0 amide bonds. The minimum absolute atomic E-state index is 0.686. The third kappa shape index (κ3) is 4.57. The summed E-state index contributed by atoms with van der Waals surface area (Å²) < 4.78 is 13.1. The normalized spacial score (nSPS) is 13.7. The van der Waals surface area contributed by atoms with E-state index in [1.165, 1.54) is 29.7 Å². The van der Waals surface area contributed by atoms with Crippen LogP contribution in [0, 0.1) is 0 Å². The molecule has 4 nitrogen and oxygen atoms in total. The van der Waals surface area contributed by atoms with Crippen molar-refractivity contribution in [3.63, 3.8) is 0 Å². The molecule has 146 valence electrons. The van der Waals surface area contributed by atoms with Crippen LogP contribution in [0.1, 0.15) is 29.7 Å². The molecule has 0 radical (unpaired) electrons. The topological polar surface area (TPSA) is 26.6 Å². The fourth-order valence-electron chi connectivity index (χ4n) is 3.68. The number of methoxy groups -OCH3 is 2. The van der Waals surface area contributed by atoms with Crippen molar-refractivity contribution >= 4 is 0 Å². The standard InChI is InChI=1S/C24H28N2O2/c1-27-23-9-3-6-19(14-23)16-25-13-5-8-22(25)18-26(21-11-12-21)17-20-7-4-10-24(15-20)28-2/h3-10,13-15,21H,11-12,16-18H2,1-2H3. The Hall–Kier alpha value is -2.72. The van der Waals surface area contributed by atoms with E-state index in [2.05, 4.69) is 64.2 Å². The van der Waals surface area contributed by atoms with Crippen molar-refractivity contribution < 1.29 is 9.47 Å². The SMILES string of the molecule is COc1cccc(CN(Cc2cccn2Cc2cccc(OC)c2)C2CC2)c1. The Morgan fingerprint density at radius 1 is 0.857 bits per heavy atom. The summed E-state index contributed by atoms with van der Waals surface area (Å²) >= 11 is 0. The molecule has 2 aromatic carbocycles. The average Bonchev–Trinajstić information content (AvgIpc) is 3.49. The van der Waals surface area contributed by atoms with E-state index in [4.69, 9.17) is 9.47 Å². The minimum Gasteiger partial charge on any atom is -0.497 e. The number of aromatic nitrogens is 1. The quantitative estimate of drug-likeness (QED) is 0.541. The van der Waals surface area contributed by atoms with Crippen LogP contribution in [-0.4, -0.2) is 29.7 Å². The van der Waals surface area contributed by atoms with E-state index in [0.29, 0.717) is 6.04 Å². The van der Waals surface area contributed by atoms with E-state index in [1.54, 1.807) is 14.2 Å². The molecule has 1 aliphatic carbocycles. The molecule has 0 spiro atoms. The van der Waals surface area contributed by atoms with Crippen molar-refractivity contribution in [3.05, 3.63) is 83.7 Å². The van der Waals surface area contributed by atoms with Crippen molar-refractivity contribution in [2.45, 2.75) is 38.5 Å². The van der Waals surface area contributed by atoms with Gasteiger partial charge in [-0.1, -0.05) is 24.3 Å². The summed E-state index contributed by atoms with van der Waals surface area (Å²) in [6.07, 6.45) is 4.76. The molecule has 1 fully saturated rings. The van der Waals surface area contributed by atoms with Crippen LogP contribution in [0.2, 0.25) is 0 Å². The summed E-state index contributed by atoms with van der Waals surface area (Å²) in [5, 5.41) is 0. The monoisotopic (exact) mass is 376 g/mol. The second-order valence-corrected chi connectivity index (χ2v) is 7.47. The third-order valence-corrected chi connectivity index (χ3v) is 5.36. The van der Waals surface area contributed by atoms with Gasteiger partial charge in [0.05, 0.1) is 14.2 Å². The summed E-state index contributed by atoms with van der Waals surface area (Å²) in [4.78, 5) is 2.59. The molecule has 0 saturated heterocycles. The van der Waals surface area contributed by atoms with Crippen molar-refractivity contribution in [1.82, 2.24) is 9.47 Å². The first-order valence-electron chi connectivity index (χ1n) is 9.89. The van der Waals surface area contributed by atoms with Gasteiger partial charge in [0.1, 0.15) is 11.5 Å². The lowest BCUT2D eigenvalue weighted by Gasteiger charge is -2.23. The molecule has 28 heavy (non-hydrogen) atoms. The maximum Gasteiger partial charge on any atom is 0.119 e. The Labute approximate surface area is 167 Å². The highest BCUT2D eigenvalue weighted by Crippen LogP contribution is 2.30. The van der Waals surface area contributed by atoms with Gasteiger partial charge in [0.25, 0.3) is 0 Å². The fourth-order valence-corrected chi connectivity index (χ4v) is 3.68. The summed E-state index contributed by atoms with van der Waals surface area (Å²) in [6, 6.07) is 21.8. The number of ether oxygens (including phenoxy) is 2. The predicted molar refractivity (Wildman–Crippen MR) is 112 cm³/mol. The highest BCUT2D eigenvalue weighted by Gasteiger charge is 2.29. The van der Waals surface area contributed by atoms with Crippen molar-refractivity contribution in [2.75, 3.05) is 14.2 Å². The van der Waals surface area contributed by atoms with Gasteiger partial charge < -0.3 is 14.0 Å². The van der Waals surface area contributed by atoms with Gasteiger partial charge in [-0.2, -0.15) is 0 Å². The predicted octanol–water partition coefficient (Wildman–Crippen LogP) is 4.72. The summed E-state index contributed by atoms with van der Waals surface area (Å²) in [6.45, 7) is 2.77. The third-order valence-electron chi connectivity index (χ3n) is 5.36. The zero-order valence-electron chi connectivity index (χ0n) is 16.7. The molecule has 1 heterocycles. The number of benzene rings is 2. The van der Waals surface area contributed by atoms with Crippen LogP contribution < -0.4 is 9.47 Å². The second-order valence-electron chi connectivity index (χ2n) is 7.47. The fraction of sp³-hybridized carbons (Fsp3) is 0.333. The van der Waals surface area contributed by atoms with Gasteiger partial charge in [-0.15, -0.1) is 0 Å². The van der Waals surface area contributed by atoms with Crippen LogP contribution in [0.15, 0.2) is 66.9 Å². The molecular weight excluding hydrogens is 348 g/mol. The zero-order valence-corrected chi connectivity index (χ0v) is 16.7. The summed E-state index contributed by atoms with van der Waals surface area (Å²) in [5.74, 6) is 1.83. The van der Waals surface area contributed by atoms with Gasteiger partial charge in [-0.05, 0) is 60.4 Å². The lowest BCUT2D eigenvalue weighted by molar-refractivity contribution is 0.239. The van der Waals surface area contributed by atoms with Crippen molar-refractivity contribution in [2.24, 2.45) is 0 Å². The van der Waals surface area contributed by atoms with Crippen LogP contribution in [0.5, 0.6) is 11.5 Å². The Balaban J connectivity index is 1.48. The van der Waals surface area contributed by atoms with Gasteiger partial charge in [0.15, 0.2) is 0 Å². The van der Waals surface area contributed by atoms with E-state index in [0.717, 1.165) is 31.1 Å². The van der Waals surface area contributed by atoms with E-state index in [9.17, 15) is 0 Å². The molecular formula is C24H28N2O2.